The van der Waals surface area contributed by atoms with Crippen molar-refractivity contribution >= 4 is 12.4 Å². The summed E-state index contributed by atoms with van der Waals surface area (Å²) in [4.78, 5) is 0. The first-order valence-electron chi connectivity index (χ1n) is 6.14. The van der Waals surface area contributed by atoms with Crippen LogP contribution in [-0.2, 0) is 9.47 Å². The largest absolute Gasteiger partial charge is 1.00 e. The van der Waals surface area contributed by atoms with Crippen LogP contribution in [0.1, 0.15) is 6.42 Å². The van der Waals surface area contributed by atoms with Crippen molar-refractivity contribution in [3.63, 3.8) is 0 Å². The molecule has 0 saturated heterocycles. The van der Waals surface area contributed by atoms with Crippen LogP contribution < -0.4 is 61.6 Å². The number of halogens is 4. The summed E-state index contributed by atoms with van der Waals surface area (Å²) in [5.74, 6) is -1.24. The van der Waals surface area contributed by atoms with Gasteiger partial charge < -0.3 is 27.2 Å². The van der Waals surface area contributed by atoms with Crippen LogP contribution in [-0.4, -0.2) is 40.5 Å². The summed E-state index contributed by atoms with van der Waals surface area (Å²) in [6.07, 6.45) is 0.407. The standard InChI is InChI=1S/C12H16BF4O3.K/c1-18-7-8-19-5-2-6-20-12-9-10(14)3-4-11(12)13(15,16)17;/h3-4,9H,2,5-8H2,1H3;/q-1;+1. The summed E-state index contributed by atoms with van der Waals surface area (Å²) in [6, 6.07) is 2.21. The second kappa shape index (κ2) is 11.0. The van der Waals surface area contributed by atoms with Crippen molar-refractivity contribution in [2.24, 2.45) is 0 Å². The minimum atomic E-state index is -5.23. The van der Waals surface area contributed by atoms with Gasteiger partial charge in [-0.25, -0.2) is 4.39 Å². The van der Waals surface area contributed by atoms with Gasteiger partial charge in [0.15, 0.2) is 0 Å². The molecule has 0 aromatic heterocycles. The van der Waals surface area contributed by atoms with Crippen LogP contribution in [0, 0.1) is 5.82 Å². The molecule has 0 heterocycles. The van der Waals surface area contributed by atoms with E-state index in [0.29, 0.717) is 32.3 Å². The summed E-state index contributed by atoms with van der Waals surface area (Å²) in [5, 5.41) is 0. The maximum atomic E-state index is 13.0. The first-order valence-corrected chi connectivity index (χ1v) is 6.14. The van der Waals surface area contributed by atoms with Gasteiger partial charge in [-0.3, -0.25) is 0 Å². The molecule has 0 bridgehead atoms. The van der Waals surface area contributed by atoms with Crippen molar-refractivity contribution in [1.82, 2.24) is 0 Å². The zero-order valence-corrected chi connectivity index (χ0v) is 15.2. The van der Waals surface area contributed by atoms with Crippen LogP contribution in [0.15, 0.2) is 18.2 Å². The first kappa shape index (κ1) is 21.4. The number of rotatable bonds is 9. The summed E-state index contributed by atoms with van der Waals surface area (Å²) >= 11 is 0. The molecular weight excluding hydrogens is 318 g/mol. The van der Waals surface area contributed by atoms with Crippen LogP contribution >= 0.6 is 0 Å². The molecule has 0 atom stereocenters. The predicted octanol–water partition coefficient (Wildman–Crippen LogP) is -0.684. The molecule has 0 aliphatic carbocycles. The number of hydrogen-bond donors (Lipinski definition) is 0. The number of methoxy groups -OCH3 is 1. The molecule has 1 aromatic rings. The second-order valence-corrected chi connectivity index (χ2v) is 4.06. The first-order chi connectivity index (χ1) is 9.45. The summed E-state index contributed by atoms with van der Waals surface area (Å²) in [7, 11) is 1.54. The third-order valence-corrected chi connectivity index (χ3v) is 2.45. The Morgan fingerprint density at radius 1 is 1.05 bits per heavy atom. The molecular formula is C12H16BF4KO3. The maximum Gasteiger partial charge on any atom is 1.00 e. The van der Waals surface area contributed by atoms with Gasteiger partial charge in [0.25, 0.3) is 0 Å². The van der Waals surface area contributed by atoms with E-state index in [1.807, 2.05) is 0 Å². The Labute approximate surface area is 163 Å². The van der Waals surface area contributed by atoms with Crippen molar-refractivity contribution in [3.8, 4) is 5.75 Å². The average molecular weight is 334 g/mol. The molecule has 1 rings (SSSR count). The molecule has 0 aliphatic heterocycles. The Morgan fingerprint density at radius 3 is 2.38 bits per heavy atom. The SMILES string of the molecule is COCCOCCCOc1cc(F)ccc1[B-](F)(F)F.[K+]. The molecule has 0 radical (unpaired) electrons. The average Bonchev–Trinajstić information content (AvgIpc) is 2.36. The molecule has 0 spiro atoms. The fourth-order valence-corrected chi connectivity index (χ4v) is 1.49. The molecule has 114 valence electrons. The Morgan fingerprint density at radius 2 is 1.76 bits per heavy atom. The van der Waals surface area contributed by atoms with Gasteiger partial charge in [-0.15, -0.1) is 0 Å². The Hall–Kier alpha value is 0.361. The normalized spacial score (nSPS) is 11.1. The van der Waals surface area contributed by atoms with Gasteiger partial charge in [0, 0.05) is 26.2 Å². The van der Waals surface area contributed by atoms with E-state index in [9.17, 15) is 17.3 Å². The van der Waals surface area contributed by atoms with Crippen molar-refractivity contribution in [3.05, 3.63) is 24.0 Å². The summed E-state index contributed by atoms with van der Waals surface area (Å²) in [6.45, 7) is -4.00. The van der Waals surface area contributed by atoms with Crippen molar-refractivity contribution in [2.75, 3.05) is 33.5 Å². The summed E-state index contributed by atoms with van der Waals surface area (Å²) in [5.41, 5.74) is -0.924. The van der Waals surface area contributed by atoms with Gasteiger partial charge in [-0.2, -0.15) is 0 Å². The molecule has 0 saturated carbocycles. The molecule has 0 aliphatic rings. The van der Waals surface area contributed by atoms with E-state index in [1.54, 1.807) is 0 Å². The van der Waals surface area contributed by atoms with Gasteiger partial charge in [0.05, 0.1) is 25.6 Å². The molecule has 9 heteroatoms. The van der Waals surface area contributed by atoms with Gasteiger partial charge in [0.1, 0.15) is 5.82 Å². The second-order valence-electron chi connectivity index (χ2n) is 4.06. The van der Waals surface area contributed by atoms with E-state index in [4.69, 9.17) is 14.2 Å². The van der Waals surface area contributed by atoms with Gasteiger partial charge in [-0.1, -0.05) is 11.5 Å². The fourth-order valence-electron chi connectivity index (χ4n) is 1.49. The van der Waals surface area contributed by atoms with Crippen molar-refractivity contribution in [2.45, 2.75) is 6.42 Å². The molecule has 0 unspecified atom stereocenters. The van der Waals surface area contributed by atoms with E-state index in [1.165, 1.54) is 7.11 Å². The van der Waals surface area contributed by atoms with E-state index < -0.39 is 24.0 Å². The third-order valence-electron chi connectivity index (χ3n) is 2.45. The maximum absolute atomic E-state index is 13.0. The van der Waals surface area contributed by atoms with E-state index in [0.717, 1.165) is 12.1 Å². The Balaban J connectivity index is 0.00000400. The summed E-state index contributed by atoms with van der Waals surface area (Å²) < 4.78 is 66.0. The van der Waals surface area contributed by atoms with Crippen LogP contribution in [0.2, 0.25) is 0 Å². The van der Waals surface area contributed by atoms with E-state index in [2.05, 4.69) is 0 Å². The molecule has 0 N–H and O–H groups in total. The minimum absolute atomic E-state index is 0. The quantitative estimate of drug-likeness (QED) is 0.340. The third kappa shape index (κ3) is 8.53. The van der Waals surface area contributed by atoms with Gasteiger partial charge in [0.2, 0.25) is 0 Å². The van der Waals surface area contributed by atoms with E-state index >= 15 is 0 Å². The number of hydrogen-bond acceptors (Lipinski definition) is 3. The van der Waals surface area contributed by atoms with Crippen LogP contribution in [0.5, 0.6) is 5.75 Å². The molecule has 0 fully saturated rings. The fraction of sp³-hybridized carbons (Fsp3) is 0.500. The van der Waals surface area contributed by atoms with Crippen LogP contribution in [0.3, 0.4) is 0 Å². The zero-order chi connectivity index (χ0) is 15.0. The number of ether oxygens (including phenoxy) is 3. The van der Waals surface area contributed by atoms with Crippen LogP contribution in [0.4, 0.5) is 17.3 Å². The molecule has 21 heavy (non-hydrogen) atoms. The minimum Gasteiger partial charge on any atom is -0.496 e. The molecule has 1 aromatic carbocycles. The smallest absolute Gasteiger partial charge is 0.496 e. The monoisotopic (exact) mass is 334 g/mol. The molecule has 3 nitrogen and oxygen atoms in total. The topological polar surface area (TPSA) is 27.7 Å². The van der Waals surface area contributed by atoms with Crippen molar-refractivity contribution < 1.29 is 82.9 Å². The van der Waals surface area contributed by atoms with E-state index in [-0.39, 0.29) is 58.0 Å². The number of benzene rings is 1. The predicted molar refractivity (Wildman–Crippen MR) is 67.9 cm³/mol. The van der Waals surface area contributed by atoms with Crippen LogP contribution in [0.25, 0.3) is 0 Å². The van der Waals surface area contributed by atoms with Gasteiger partial charge >= 0.3 is 58.4 Å². The zero-order valence-electron chi connectivity index (χ0n) is 12.1. The van der Waals surface area contributed by atoms with Gasteiger partial charge in [-0.05, 0) is 6.07 Å². The van der Waals surface area contributed by atoms with Crippen molar-refractivity contribution in [1.29, 1.82) is 0 Å². The Bertz CT molecular complexity index is 418. The molecule has 0 amide bonds. The Kier molecular flexibility index (Phi) is 11.2.